The fourth-order valence-electron chi connectivity index (χ4n) is 3.75. The Labute approximate surface area is 195 Å². The second kappa shape index (κ2) is 10.1. The van der Waals surface area contributed by atoms with Crippen molar-refractivity contribution in [2.24, 2.45) is 5.18 Å². The van der Waals surface area contributed by atoms with E-state index in [0.29, 0.717) is 5.13 Å². The summed E-state index contributed by atoms with van der Waals surface area (Å²) in [7, 11) is 0. The van der Waals surface area contributed by atoms with Crippen LogP contribution in [-0.2, 0) is 15.1 Å². The molecule has 1 atom stereocenters. The smallest absolute Gasteiger partial charge is 0.342 e. The van der Waals surface area contributed by atoms with Crippen LogP contribution in [0.3, 0.4) is 0 Å². The summed E-state index contributed by atoms with van der Waals surface area (Å²) in [6.45, 7) is 1.80. The SMILES string of the molecule is CCOC(=O)C(N=O)c1nsc(NC(c2ccccc2)(c2ccccc2)c2ccccc2)n1. The predicted octanol–water partition coefficient (Wildman–Crippen LogP) is 5.31. The third-order valence-electron chi connectivity index (χ3n) is 5.22. The van der Waals surface area contributed by atoms with Crippen LogP contribution in [0.4, 0.5) is 5.13 Å². The number of anilines is 1. The molecule has 166 valence electrons. The Morgan fingerprint density at radius 1 is 0.939 bits per heavy atom. The number of nitroso groups, excluding NO2 is 1. The number of hydrogen-bond acceptors (Lipinski definition) is 8. The first-order valence-electron chi connectivity index (χ1n) is 10.5. The number of aromatic nitrogens is 2. The van der Waals surface area contributed by atoms with E-state index in [2.05, 4.69) is 19.9 Å². The minimum Gasteiger partial charge on any atom is -0.464 e. The van der Waals surface area contributed by atoms with Crippen LogP contribution in [0.2, 0.25) is 0 Å². The quantitative estimate of drug-likeness (QED) is 0.207. The molecule has 0 fully saturated rings. The Morgan fingerprint density at radius 2 is 1.42 bits per heavy atom. The van der Waals surface area contributed by atoms with Gasteiger partial charge in [-0.25, -0.2) is 9.78 Å². The van der Waals surface area contributed by atoms with E-state index in [-0.39, 0.29) is 12.4 Å². The van der Waals surface area contributed by atoms with Crippen LogP contribution in [0, 0.1) is 4.91 Å². The number of hydrogen-bond donors (Lipinski definition) is 1. The first kappa shape index (κ1) is 22.3. The topological polar surface area (TPSA) is 93.5 Å². The largest absolute Gasteiger partial charge is 0.464 e. The molecule has 0 spiro atoms. The summed E-state index contributed by atoms with van der Waals surface area (Å²) in [5.41, 5.74) is 2.19. The molecule has 1 aromatic heterocycles. The van der Waals surface area contributed by atoms with Crippen molar-refractivity contribution in [3.63, 3.8) is 0 Å². The predicted molar refractivity (Wildman–Crippen MR) is 128 cm³/mol. The zero-order valence-electron chi connectivity index (χ0n) is 17.9. The van der Waals surface area contributed by atoms with Gasteiger partial charge in [0.25, 0.3) is 0 Å². The van der Waals surface area contributed by atoms with Gasteiger partial charge in [-0.05, 0) is 28.8 Å². The van der Waals surface area contributed by atoms with Crippen LogP contribution >= 0.6 is 11.5 Å². The van der Waals surface area contributed by atoms with Crippen LogP contribution in [0.5, 0.6) is 0 Å². The van der Waals surface area contributed by atoms with Crippen molar-refractivity contribution in [2.45, 2.75) is 18.5 Å². The molecule has 1 heterocycles. The molecule has 3 aromatic carbocycles. The summed E-state index contributed by atoms with van der Waals surface area (Å²) in [6, 6.07) is 28.7. The molecule has 0 radical (unpaired) electrons. The Balaban J connectivity index is 1.84. The molecule has 33 heavy (non-hydrogen) atoms. The second-order valence-corrected chi connectivity index (χ2v) is 7.94. The first-order valence-corrected chi connectivity index (χ1v) is 11.2. The average Bonchev–Trinajstić information content (AvgIpc) is 3.33. The maximum Gasteiger partial charge on any atom is 0.342 e. The molecule has 0 aliphatic rings. The highest BCUT2D eigenvalue weighted by atomic mass is 32.1. The third kappa shape index (κ3) is 4.51. The second-order valence-electron chi connectivity index (χ2n) is 7.19. The lowest BCUT2D eigenvalue weighted by Gasteiger charge is -2.36. The number of nitrogens with one attached hydrogen (secondary N) is 1. The Morgan fingerprint density at radius 3 is 1.85 bits per heavy atom. The third-order valence-corrected chi connectivity index (χ3v) is 5.86. The zero-order valence-corrected chi connectivity index (χ0v) is 18.7. The average molecular weight is 459 g/mol. The van der Waals surface area contributed by atoms with Crippen molar-refractivity contribution >= 4 is 22.6 Å². The van der Waals surface area contributed by atoms with E-state index in [9.17, 15) is 9.70 Å². The summed E-state index contributed by atoms with van der Waals surface area (Å²) < 4.78 is 9.17. The molecule has 0 bridgehead atoms. The number of benzene rings is 3. The number of carbonyl (C=O) groups excluding carboxylic acids is 1. The highest BCUT2D eigenvalue weighted by Crippen LogP contribution is 2.40. The fourth-order valence-corrected chi connectivity index (χ4v) is 4.41. The van der Waals surface area contributed by atoms with Crippen molar-refractivity contribution in [3.8, 4) is 0 Å². The zero-order chi connectivity index (χ0) is 23.1. The number of nitrogens with zero attached hydrogens (tertiary/aromatic N) is 3. The summed E-state index contributed by atoms with van der Waals surface area (Å²) in [5, 5.41) is 6.90. The summed E-state index contributed by atoms with van der Waals surface area (Å²) in [4.78, 5) is 27.9. The lowest BCUT2D eigenvalue weighted by Crippen LogP contribution is -2.38. The van der Waals surface area contributed by atoms with E-state index in [1.807, 2.05) is 91.0 Å². The first-order chi connectivity index (χ1) is 16.2. The maximum absolute atomic E-state index is 12.1. The van der Waals surface area contributed by atoms with Gasteiger partial charge in [-0.15, -0.1) is 4.91 Å². The summed E-state index contributed by atoms with van der Waals surface area (Å²) >= 11 is 1.06. The lowest BCUT2D eigenvalue weighted by atomic mass is 9.77. The van der Waals surface area contributed by atoms with Crippen LogP contribution in [0.25, 0.3) is 0 Å². The lowest BCUT2D eigenvalue weighted by molar-refractivity contribution is -0.144. The molecule has 0 aliphatic carbocycles. The van der Waals surface area contributed by atoms with Gasteiger partial charge in [-0.1, -0.05) is 91.0 Å². The van der Waals surface area contributed by atoms with Gasteiger partial charge in [0.2, 0.25) is 11.2 Å². The molecule has 0 saturated carbocycles. The number of ether oxygens (including phenoxy) is 1. The number of carbonyl (C=O) groups is 1. The van der Waals surface area contributed by atoms with Gasteiger partial charge < -0.3 is 10.1 Å². The van der Waals surface area contributed by atoms with Gasteiger partial charge >= 0.3 is 5.97 Å². The molecule has 7 nitrogen and oxygen atoms in total. The van der Waals surface area contributed by atoms with Crippen molar-refractivity contribution < 1.29 is 9.53 Å². The van der Waals surface area contributed by atoms with Crippen LogP contribution in [-0.4, -0.2) is 21.9 Å². The van der Waals surface area contributed by atoms with Gasteiger partial charge in [0, 0.05) is 11.5 Å². The van der Waals surface area contributed by atoms with Gasteiger partial charge in [-0.2, -0.15) is 4.37 Å². The Bertz CT molecular complexity index is 1100. The standard InChI is InChI=1S/C25H22N4O3S/c1-2-32-23(30)21(28-31)22-26-24(33-29-22)27-25(18-12-6-3-7-13-18,19-14-8-4-9-15-19)20-16-10-5-11-17-20/h3-17,21H,2H2,1H3,(H,26,27,29). The number of esters is 1. The number of rotatable bonds is 9. The molecular weight excluding hydrogens is 436 g/mol. The van der Waals surface area contributed by atoms with Gasteiger partial charge in [0.05, 0.1) is 6.61 Å². The van der Waals surface area contributed by atoms with Crippen molar-refractivity contribution in [3.05, 3.63) is 118 Å². The minimum absolute atomic E-state index is 0.0130. The van der Waals surface area contributed by atoms with Gasteiger partial charge in [0.1, 0.15) is 5.54 Å². The normalized spacial score (nSPS) is 12.0. The van der Waals surface area contributed by atoms with E-state index in [0.717, 1.165) is 28.2 Å². The fraction of sp³-hybridized carbons (Fsp3) is 0.160. The molecule has 0 amide bonds. The molecule has 0 aliphatic heterocycles. The highest BCUT2D eigenvalue weighted by molar-refractivity contribution is 7.09. The van der Waals surface area contributed by atoms with Gasteiger partial charge in [-0.3, -0.25) is 0 Å². The molecule has 1 N–H and O–H groups in total. The molecule has 0 saturated heterocycles. The van der Waals surface area contributed by atoms with Crippen LogP contribution < -0.4 is 5.32 Å². The highest BCUT2D eigenvalue weighted by Gasteiger charge is 2.38. The van der Waals surface area contributed by atoms with Crippen LogP contribution in [0.1, 0.15) is 35.5 Å². The minimum atomic E-state index is -1.41. The monoisotopic (exact) mass is 458 g/mol. The van der Waals surface area contributed by atoms with E-state index < -0.39 is 17.6 Å². The van der Waals surface area contributed by atoms with E-state index in [1.54, 1.807) is 6.92 Å². The van der Waals surface area contributed by atoms with Crippen molar-refractivity contribution in [1.29, 1.82) is 0 Å². The molecule has 8 heteroatoms. The van der Waals surface area contributed by atoms with E-state index >= 15 is 0 Å². The van der Waals surface area contributed by atoms with Crippen LogP contribution in [0.15, 0.2) is 96.2 Å². The van der Waals surface area contributed by atoms with E-state index in [4.69, 9.17) is 4.74 Å². The molecule has 4 rings (SSSR count). The van der Waals surface area contributed by atoms with Crippen molar-refractivity contribution in [1.82, 2.24) is 9.36 Å². The van der Waals surface area contributed by atoms with Crippen molar-refractivity contribution in [2.75, 3.05) is 11.9 Å². The summed E-state index contributed by atoms with van der Waals surface area (Å²) in [6.07, 6.45) is 0. The molecule has 1 unspecified atom stereocenters. The molecule has 4 aromatic rings. The maximum atomic E-state index is 12.1. The Hall–Kier alpha value is -3.91. The van der Waals surface area contributed by atoms with E-state index in [1.165, 1.54) is 0 Å². The summed E-state index contributed by atoms with van der Waals surface area (Å²) in [5.74, 6) is -0.753. The Kier molecular flexibility index (Phi) is 6.85. The molecular formula is C25H22N4O3S. The van der Waals surface area contributed by atoms with Gasteiger partial charge in [0.15, 0.2) is 5.82 Å².